The molecule has 0 bridgehead atoms. The fourth-order valence-electron chi connectivity index (χ4n) is 2.37. The third-order valence-corrected chi connectivity index (χ3v) is 4.46. The largest absolute Gasteiger partial charge is 0.382 e. The molecule has 0 radical (unpaired) electrons. The van der Waals surface area contributed by atoms with E-state index in [9.17, 15) is 0 Å². The highest BCUT2D eigenvalue weighted by atomic mass is 32.2. The number of fused-ring (bicyclic) bond motifs is 1. The lowest BCUT2D eigenvalue weighted by Gasteiger charge is -2.12. The van der Waals surface area contributed by atoms with E-state index in [1.54, 1.807) is 11.2 Å². The molecular formula is C14H17N5S. The first-order valence-corrected chi connectivity index (χ1v) is 7.44. The second-order valence-corrected chi connectivity index (χ2v) is 5.93. The molecule has 0 spiro atoms. The first-order valence-electron chi connectivity index (χ1n) is 6.40. The van der Waals surface area contributed by atoms with Crippen LogP contribution < -0.4 is 5.73 Å². The maximum absolute atomic E-state index is 6.07. The maximum atomic E-state index is 6.07. The molecule has 5 nitrogen and oxygen atoms in total. The Balaban J connectivity index is 1.96. The molecule has 0 aromatic carbocycles. The van der Waals surface area contributed by atoms with E-state index in [0.29, 0.717) is 5.84 Å². The van der Waals surface area contributed by atoms with E-state index < -0.39 is 0 Å². The maximum Gasteiger partial charge on any atom is 0.152 e. The highest BCUT2D eigenvalue weighted by Crippen LogP contribution is 2.41. The fraction of sp³-hybridized carbons (Fsp3) is 0.286. The number of rotatable bonds is 3. The summed E-state index contributed by atoms with van der Waals surface area (Å²) in [5, 5.41) is 6.29. The molecule has 6 heteroatoms. The summed E-state index contributed by atoms with van der Waals surface area (Å²) >= 11 is 1.88. The second-order valence-electron chi connectivity index (χ2n) is 4.87. The number of hydrogen-bond acceptors (Lipinski definition) is 4. The van der Waals surface area contributed by atoms with Crippen LogP contribution in [0.15, 0.2) is 41.9 Å². The van der Waals surface area contributed by atoms with Gasteiger partial charge >= 0.3 is 0 Å². The predicted octanol–water partition coefficient (Wildman–Crippen LogP) is 1.86. The Kier molecular flexibility index (Phi) is 3.40. The summed E-state index contributed by atoms with van der Waals surface area (Å²) in [4.78, 5) is 4.20. The lowest BCUT2D eigenvalue weighted by molar-refractivity contribution is 0.437. The topological polar surface area (TPSA) is 59.4 Å². The van der Waals surface area contributed by atoms with Gasteiger partial charge < -0.3 is 15.3 Å². The second kappa shape index (κ2) is 5.20. The zero-order chi connectivity index (χ0) is 14.1. The highest BCUT2D eigenvalue weighted by molar-refractivity contribution is 7.99. The van der Waals surface area contributed by atoms with E-state index in [1.807, 2.05) is 44.2 Å². The minimum Gasteiger partial charge on any atom is -0.382 e. The van der Waals surface area contributed by atoms with Crippen molar-refractivity contribution in [1.29, 1.82) is 0 Å². The van der Waals surface area contributed by atoms with Gasteiger partial charge in [0.15, 0.2) is 5.84 Å². The Morgan fingerprint density at radius 2 is 2.35 bits per heavy atom. The Morgan fingerprint density at radius 3 is 3.05 bits per heavy atom. The zero-order valence-corrected chi connectivity index (χ0v) is 12.3. The number of pyridine rings is 1. The molecule has 3 rings (SSSR count). The van der Waals surface area contributed by atoms with Gasteiger partial charge in [0.25, 0.3) is 0 Å². The lowest BCUT2D eigenvalue weighted by Crippen LogP contribution is -2.19. The summed E-state index contributed by atoms with van der Waals surface area (Å²) < 4.78 is 2.26. The molecule has 0 amide bonds. The van der Waals surface area contributed by atoms with Crippen molar-refractivity contribution in [2.75, 3.05) is 14.1 Å². The van der Waals surface area contributed by atoms with Gasteiger partial charge in [-0.1, -0.05) is 6.07 Å². The number of aromatic nitrogens is 2. The molecule has 2 N–H and O–H groups in total. The number of amidine groups is 1. The summed E-state index contributed by atoms with van der Waals surface area (Å²) in [6, 6.07) is 6.12. The number of nitrogens with two attached hydrogens (primary N) is 1. The van der Waals surface area contributed by atoms with Gasteiger partial charge in [0, 0.05) is 55.3 Å². The molecular weight excluding hydrogens is 270 g/mol. The molecule has 104 valence electrons. The average Bonchev–Trinajstić information content (AvgIpc) is 2.99. The Morgan fingerprint density at radius 1 is 1.50 bits per heavy atom. The van der Waals surface area contributed by atoms with E-state index in [4.69, 9.17) is 5.73 Å². The van der Waals surface area contributed by atoms with Gasteiger partial charge in [-0.3, -0.25) is 4.98 Å². The van der Waals surface area contributed by atoms with Crippen molar-refractivity contribution >= 4 is 17.6 Å². The van der Waals surface area contributed by atoms with Gasteiger partial charge in [0.05, 0.1) is 0 Å². The highest BCUT2D eigenvalue weighted by Gasteiger charge is 2.27. The van der Waals surface area contributed by atoms with Crippen LogP contribution in [0, 0.1) is 0 Å². The van der Waals surface area contributed by atoms with Crippen LogP contribution in [0.4, 0.5) is 0 Å². The van der Waals surface area contributed by atoms with Crippen molar-refractivity contribution in [2.45, 2.75) is 11.1 Å². The minimum absolute atomic E-state index is 0.277. The molecule has 3 heterocycles. The molecule has 1 aliphatic rings. The summed E-state index contributed by atoms with van der Waals surface area (Å²) in [6.45, 7) is 0. The van der Waals surface area contributed by atoms with E-state index >= 15 is 0 Å². The van der Waals surface area contributed by atoms with E-state index in [0.717, 1.165) is 11.3 Å². The fourth-order valence-corrected chi connectivity index (χ4v) is 3.68. The SMILES string of the molecule is CN(C)N=C(N)c1ccn2c1CSC2c1cccnc1. The van der Waals surface area contributed by atoms with Crippen LogP contribution in [0.1, 0.15) is 22.2 Å². The molecule has 1 aliphatic heterocycles. The number of thioether (sulfide) groups is 1. The summed E-state index contributed by atoms with van der Waals surface area (Å²) in [5.74, 6) is 1.50. The Labute approximate surface area is 122 Å². The van der Waals surface area contributed by atoms with Crippen LogP contribution in [-0.4, -0.2) is 34.5 Å². The van der Waals surface area contributed by atoms with Gasteiger partial charge in [-0.25, -0.2) is 0 Å². The molecule has 20 heavy (non-hydrogen) atoms. The van der Waals surface area contributed by atoms with Crippen molar-refractivity contribution in [3.8, 4) is 0 Å². The van der Waals surface area contributed by atoms with Crippen LogP contribution in [0.5, 0.6) is 0 Å². The summed E-state index contributed by atoms with van der Waals surface area (Å²) in [6.07, 6.45) is 5.80. The Hall–Kier alpha value is -1.95. The molecule has 0 aliphatic carbocycles. The molecule has 1 unspecified atom stereocenters. The quantitative estimate of drug-likeness (QED) is 0.532. The van der Waals surface area contributed by atoms with Crippen molar-refractivity contribution in [1.82, 2.24) is 14.6 Å². The van der Waals surface area contributed by atoms with Gasteiger partial charge in [-0.2, -0.15) is 5.10 Å². The molecule has 2 aromatic rings. The smallest absolute Gasteiger partial charge is 0.152 e. The van der Waals surface area contributed by atoms with E-state index in [-0.39, 0.29) is 5.37 Å². The predicted molar refractivity (Wildman–Crippen MR) is 82.5 cm³/mol. The van der Waals surface area contributed by atoms with Crippen molar-refractivity contribution in [3.05, 3.63) is 53.6 Å². The summed E-state index contributed by atoms with van der Waals surface area (Å²) in [5.41, 5.74) is 9.53. The van der Waals surface area contributed by atoms with Crippen LogP contribution in [-0.2, 0) is 5.75 Å². The number of hydrazone groups is 1. The molecule has 0 saturated heterocycles. The monoisotopic (exact) mass is 287 g/mol. The van der Waals surface area contributed by atoms with Crippen LogP contribution >= 0.6 is 11.8 Å². The van der Waals surface area contributed by atoms with Gasteiger partial charge in [0.2, 0.25) is 0 Å². The first kappa shape index (κ1) is 13.1. The number of hydrogen-bond donors (Lipinski definition) is 1. The van der Waals surface area contributed by atoms with Crippen LogP contribution in [0.3, 0.4) is 0 Å². The van der Waals surface area contributed by atoms with Gasteiger partial charge in [-0.05, 0) is 12.1 Å². The lowest BCUT2D eigenvalue weighted by atomic mass is 10.2. The number of nitrogens with zero attached hydrogens (tertiary/aromatic N) is 4. The van der Waals surface area contributed by atoms with E-state index in [2.05, 4.69) is 26.9 Å². The van der Waals surface area contributed by atoms with Crippen LogP contribution in [0.25, 0.3) is 0 Å². The zero-order valence-electron chi connectivity index (χ0n) is 11.5. The first-order chi connectivity index (χ1) is 9.66. The third kappa shape index (κ3) is 2.27. The van der Waals surface area contributed by atoms with Crippen molar-refractivity contribution in [3.63, 3.8) is 0 Å². The van der Waals surface area contributed by atoms with Gasteiger partial charge in [0.1, 0.15) is 5.37 Å². The van der Waals surface area contributed by atoms with Crippen LogP contribution in [0.2, 0.25) is 0 Å². The van der Waals surface area contributed by atoms with Crippen molar-refractivity contribution in [2.24, 2.45) is 10.8 Å². The molecule has 2 aromatic heterocycles. The molecule has 0 saturated carbocycles. The molecule has 0 fully saturated rings. The minimum atomic E-state index is 0.277. The van der Waals surface area contributed by atoms with E-state index in [1.165, 1.54) is 11.3 Å². The average molecular weight is 287 g/mol. The van der Waals surface area contributed by atoms with Crippen molar-refractivity contribution < 1.29 is 0 Å². The summed E-state index contributed by atoms with van der Waals surface area (Å²) in [7, 11) is 3.74. The standard InChI is InChI=1S/C14H17N5S/c1-18(2)17-13(15)11-5-7-19-12(11)9-20-14(19)10-4-3-6-16-8-10/h3-8,14H,9H2,1-2H3,(H2,15,17). The Bertz CT molecular complexity index is 632. The van der Waals surface area contributed by atoms with Gasteiger partial charge in [-0.15, -0.1) is 11.8 Å². The third-order valence-electron chi connectivity index (χ3n) is 3.21. The molecule has 1 atom stereocenters. The normalized spacial score (nSPS) is 18.1.